The Hall–Kier alpha value is -1.19. The maximum absolute atomic E-state index is 4.29. The van der Waals surface area contributed by atoms with Gasteiger partial charge in [0.2, 0.25) is 0 Å². The van der Waals surface area contributed by atoms with Gasteiger partial charge in [-0.3, -0.25) is 0 Å². The third-order valence-electron chi connectivity index (χ3n) is 3.22. The molecule has 0 saturated heterocycles. The minimum atomic E-state index is 0.364. The van der Waals surface area contributed by atoms with E-state index in [0.29, 0.717) is 6.04 Å². The van der Waals surface area contributed by atoms with Gasteiger partial charge in [-0.25, -0.2) is 4.98 Å². The third-order valence-corrected chi connectivity index (χ3v) is 4.33. The topological polar surface area (TPSA) is 24.9 Å². The van der Waals surface area contributed by atoms with Crippen LogP contribution in [0.4, 0.5) is 0 Å². The van der Waals surface area contributed by atoms with Gasteiger partial charge in [-0.1, -0.05) is 31.2 Å². The van der Waals surface area contributed by atoms with Crippen molar-refractivity contribution in [2.24, 2.45) is 0 Å². The van der Waals surface area contributed by atoms with Crippen LogP contribution in [-0.2, 0) is 13.0 Å². The Bertz CT molecular complexity index is 487. The van der Waals surface area contributed by atoms with E-state index in [4.69, 9.17) is 0 Å². The number of rotatable bonds is 5. The van der Waals surface area contributed by atoms with Crippen LogP contribution in [-0.4, -0.2) is 4.98 Å². The van der Waals surface area contributed by atoms with Gasteiger partial charge in [0, 0.05) is 17.5 Å². The van der Waals surface area contributed by atoms with E-state index in [9.17, 15) is 0 Å². The molecule has 2 nitrogen and oxygen atoms in total. The van der Waals surface area contributed by atoms with Crippen molar-refractivity contribution in [2.75, 3.05) is 0 Å². The molecular formula is C15H20N2S. The largest absolute Gasteiger partial charge is 0.305 e. The van der Waals surface area contributed by atoms with E-state index in [1.54, 1.807) is 11.3 Å². The van der Waals surface area contributed by atoms with Gasteiger partial charge in [-0.2, -0.15) is 0 Å². The molecule has 1 unspecified atom stereocenters. The van der Waals surface area contributed by atoms with Gasteiger partial charge in [-0.05, 0) is 31.4 Å². The summed E-state index contributed by atoms with van der Waals surface area (Å²) < 4.78 is 0. The molecule has 1 aromatic carbocycles. The summed E-state index contributed by atoms with van der Waals surface area (Å²) in [6, 6.07) is 9.19. The van der Waals surface area contributed by atoms with E-state index in [-0.39, 0.29) is 0 Å². The van der Waals surface area contributed by atoms with Gasteiger partial charge in [0.05, 0.1) is 11.2 Å². The summed E-state index contributed by atoms with van der Waals surface area (Å²) in [7, 11) is 0. The molecule has 2 aromatic rings. The van der Waals surface area contributed by atoms with Crippen LogP contribution in [0.25, 0.3) is 0 Å². The van der Waals surface area contributed by atoms with Crippen molar-refractivity contribution in [3.8, 4) is 0 Å². The highest BCUT2D eigenvalue weighted by Crippen LogP contribution is 2.21. The van der Waals surface area contributed by atoms with Crippen molar-refractivity contribution in [1.29, 1.82) is 0 Å². The molecule has 0 fully saturated rings. The molecule has 2 rings (SSSR count). The number of nitrogens with zero attached hydrogens (tertiary/aromatic N) is 1. The fourth-order valence-electron chi connectivity index (χ4n) is 1.98. The first-order chi connectivity index (χ1) is 8.70. The van der Waals surface area contributed by atoms with Gasteiger partial charge in [-0.15, -0.1) is 11.3 Å². The molecule has 1 atom stereocenters. The van der Waals surface area contributed by atoms with E-state index in [2.05, 4.69) is 55.3 Å². The average molecular weight is 260 g/mol. The smallest absolute Gasteiger partial charge is 0.0798 e. The molecule has 0 bridgehead atoms. The Morgan fingerprint density at radius 2 is 1.89 bits per heavy atom. The van der Waals surface area contributed by atoms with Crippen LogP contribution in [0.3, 0.4) is 0 Å². The van der Waals surface area contributed by atoms with E-state index < -0.39 is 0 Å². The Labute approximate surface area is 113 Å². The van der Waals surface area contributed by atoms with Gasteiger partial charge < -0.3 is 5.32 Å². The highest BCUT2D eigenvalue weighted by molar-refractivity contribution is 7.09. The Morgan fingerprint density at radius 3 is 2.44 bits per heavy atom. The van der Waals surface area contributed by atoms with E-state index in [0.717, 1.165) is 18.7 Å². The second-order valence-corrected chi connectivity index (χ2v) is 5.46. The van der Waals surface area contributed by atoms with Gasteiger partial charge in [0.1, 0.15) is 0 Å². The first-order valence-corrected chi connectivity index (χ1v) is 7.30. The van der Waals surface area contributed by atoms with Crippen LogP contribution in [0.1, 0.15) is 41.6 Å². The standard InChI is InChI=1S/C15H20N2S/c1-4-13-5-7-14(8-6-13)9-16-11(2)15-12(3)17-10-18-15/h5-8,10-11,16H,4,9H2,1-3H3. The fourth-order valence-corrected chi connectivity index (χ4v) is 2.82. The fraction of sp³-hybridized carbons (Fsp3) is 0.400. The first kappa shape index (κ1) is 13.2. The van der Waals surface area contributed by atoms with Crippen molar-refractivity contribution in [3.05, 3.63) is 51.5 Å². The molecule has 0 spiro atoms. The summed E-state index contributed by atoms with van der Waals surface area (Å²) in [5.41, 5.74) is 5.78. The lowest BCUT2D eigenvalue weighted by Gasteiger charge is -2.13. The Balaban J connectivity index is 1.93. The number of aromatic nitrogens is 1. The van der Waals surface area contributed by atoms with Crippen molar-refractivity contribution in [1.82, 2.24) is 10.3 Å². The Morgan fingerprint density at radius 1 is 1.22 bits per heavy atom. The average Bonchev–Trinajstić information content (AvgIpc) is 2.83. The lowest BCUT2D eigenvalue weighted by atomic mass is 10.1. The number of hydrogen-bond acceptors (Lipinski definition) is 3. The van der Waals surface area contributed by atoms with Crippen molar-refractivity contribution in [2.45, 2.75) is 39.8 Å². The normalized spacial score (nSPS) is 12.6. The van der Waals surface area contributed by atoms with Crippen molar-refractivity contribution in [3.63, 3.8) is 0 Å². The van der Waals surface area contributed by atoms with E-state index in [1.165, 1.54) is 16.0 Å². The lowest BCUT2D eigenvalue weighted by molar-refractivity contribution is 0.579. The highest BCUT2D eigenvalue weighted by Gasteiger charge is 2.09. The number of benzene rings is 1. The maximum atomic E-state index is 4.29. The summed E-state index contributed by atoms with van der Waals surface area (Å²) >= 11 is 1.73. The van der Waals surface area contributed by atoms with Crippen molar-refractivity contribution >= 4 is 11.3 Å². The van der Waals surface area contributed by atoms with Gasteiger partial charge >= 0.3 is 0 Å². The van der Waals surface area contributed by atoms with Crippen LogP contribution in [0.5, 0.6) is 0 Å². The van der Waals surface area contributed by atoms with Crippen LogP contribution in [0.2, 0.25) is 0 Å². The van der Waals surface area contributed by atoms with Crippen LogP contribution >= 0.6 is 11.3 Å². The van der Waals surface area contributed by atoms with E-state index in [1.807, 2.05) is 5.51 Å². The SMILES string of the molecule is CCc1ccc(CNC(C)c2scnc2C)cc1. The number of thiazole rings is 1. The van der Waals surface area contributed by atoms with Crippen LogP contribution < -0.4 is 5.32 Å². The molecule has 1 aromatic heterocycles. The minimum Gasteiger partial charge on any atom is -0.305 e. The zero-order chi connectivity index (χ0) is 13.0. The highest BCUT2D eigenvalue weighted by atomic mass is 32.1. The zero-order valence-electron chi connectivity index (χ0n) is 11.2. The van der Waals surface area contributed by atoms with Crippen LogP contribution in [0, 0.1) is 6.92 Å². The molecule has 18 heavy (non-hydrogen) atoms. The molecule has 0 aliphatic carbocycles. The maximum Gasteiger partial charge on any atom is 0.0798 e. The summed E-state index contributed by atoms with van der Waals surface area (Å²) in [5, 5.41) is 3.55. The predicted molar refractivity (Wildman–Crippen MR) is 77.9 cm³/mol. The second kappa shape index (κ2) is 6.12. The molecule has 0 aliphatic heterocycles. The Kier molecular flexibility index (Phi) is 4.50. The minimum absolute atomic E-state index is 0.364. The second-order valence-electron chi connectivity index (χ2n) is 4.57. The van der Waals surface area contributed by atoms with Crippen molar-refractivity contribution < 1.29 is 0 Å². The summed E-state index contributed by atoms with van der Waals surface area (Å²) in [4.78, 5) is 5.63. The molecule has 0 aliphatic rings. The molecular weight excluding hydrogens is 240 g/mol. The molecule has 0 saturated carbocycles. The summed E-state index contributed by atoms with van der Waals surface area (Å²) in [5.74, 6) is 0. The number of hydrogen-bond donors (Lipinski definition) is 1. The monoisotopic (exact) mass is 260 g/mol. The van der Waals surface area contributed by atoms with Gasteiger partial charge in [0.25, 0.3) is 0 Å². The third kappa shape index (κ3) is 3.18. The summed E-state index contributed by atoms with van der Waals surface area (Å²) in [6.07, 6.45) is 1.10. The molecule has 0 amide bonds. The van der Waals surface area contributed by atoms with Crippen LogP contribution in [0.15, 0.2) is 29.8 Å². The number of aryl methyl sites for hydroxylation is 2. The quantitative estimate of drug-likeness (QED) is 0.883. The molecule has 96 valence electrons. The molecule has 3 heteroatoms. The number of nitrogens with one attached hydrogen (secondary N) is 1. The van der Waals surface area contributed by atoms with E-state index >= 15 is 0 Å². The molecule has 1 heterocycles. The lowest BCUT2D eigenvalue weighted by Crippen LogP contribution is -2.17. The first-order valence-electron chi connectivity index (χ1n) is 6.42. The molecule has 1 N–H and O–H groups in total. The molecule has 0 radical (unpaired) electrons. The van der Waals surface area contributed by atoms with Gasteiger partial charge in [0.15, 0.2) is 0 Å². The summed E-state index contributed by atoms with van der Waals surface area (Å²) in [6.45, 7) is 7.35. The predicted octanol–water partition coefficient (Wildman–Crippen LogP) is 3.86. The zero-order valence-corrected chi connectivity index (χ0v) is 12.1.